The van der Waals surface area contributed by atoms with Gasteiger partial charge in [-0.15, -0.1) is 0 Å². The van der Waals surface area contributed by atoms with E-state index in [0.29, 0.717) is 17.4 Å². The quantitative estimate of drug-likeness (QED) is 0.0272. The lowest BCUT2D eigenvalue weighted by atomic mass is 10.0. The minimum atomic E-state index is -4.60. The van der Waals surface area contributed by atoms with Crippen molar-refractivity contribution in [2.24, 2.45) is 0 Å². The summed E-state index contributed by atoms with van der Waals surface area (Å²) in [6, 6.07) is -0.885. The number of quaternary nitrogens is 1. The zero-order valence-corrected chi connectivity index (χ0v) is 51.9. The minimum Gasteiger partial charge on any atom is -0.756 e. The van der Waals surface area contributed by atoms with E-state index in [2.05, 4.69) is 67.8 Å². The van der Waals surface area contributed by atoms with Gasteiger partial charge in [-0.3, -0.25) is 9.36 Å². The highest BCUT2D eigenvalue weighted by Crippen LogP contribution is 2.38. The second-order valence-electron chi connectivity index (χ2n) is 23.4. The molecule has 0 aliphatic rings. The normalized spacial score (nSPS) is 14.1. The summed E-state index contributed by atoms with van der Waals surface area (Å²) in [7, 11) is 1.27. The predicted molar refractivity (Wildman–Crippen MR) is 330 cm³/mol. The summed E-state index contributed by atoms with van der Waals surface area (Å²) < 4.78 is 23.4. The lowest BCUT2D eigenvalue weighted by molar-refractivity contribution is -0.870. The van der Waals surface area contributed by atoms with Crippen LogP contribution >= 0.6 is 7.82 Å². The van der Waals surface area contributed by atoms with Gasteiger partial charge in [0, 0.05) is 6.42 Å². The topological polar surface area (TPSA) is 108 Å². The molecule has 0 aliphatic carbocycles. The lowest BCUT2D eigenvalue weighted by Gasteiger charge is -2.29. The summed E-state index contributed by atoms with van der Waals surface area (Å²) in [4.78, 5) is 25.5. The number of rotatable bonds is 60. The number of phosphoric acid groups is 1. The van der Waals surface area contributed by atoms with Gasteiger partial charge in [0.15, 0.2) is 0 Å². The van der Waals surface area contributed by atoms with Crippen molar-refractivity contribution in [1.82, 2.24) is 5.32 Å². The number of unbranched alkanes of at least 4 members (excludes halogenated alkanes) is 39. The molecule has 0 heterocycles. The van der Waals surface area contributed by atoms with Crippen molar-refractivity contribution < 1.29 is 32.9 Å². The zero-order chi connectivity index (χ0) is 55.6. The fourth-order valence-corrected chi connectivity index (χ4v) is 10.4. The van der Waals surface area contributed by atoms with Crippen LogP contribution in [0.1, 0.15) is 309 Å². The van der Waals surface area contributed by atoms with E-state index in [0.717, 1.165) is 64.2 Å². The molecule has 0 saturated heterocycles. The molecule has 8 nitrogen and oxygen atoms in total. The molecule has 0 aromatic heterocycles. The number of nitrogens with zero attached hydrogens (tertiary/aromatic N) is 1. The number of amides is 1. The van der Waals surface area contributed by atoms with Crippen LogP contribution < -0.4 is 10.2 Å². The number of carbonyl (C=O) groups excluding carboxylic acids is 1. The lowest BCUT2D eigenvalue weighted by Crippen LogP contribution is -2.45. The van der Waals surface area contributed by atoms with E-state index >= 15 is 0 Å². The van der Waals surface area contributed by atoms with Crippen molar-refractivity contribution in [2.45, 2.75) is 321 Å². The maximum Gasteiger partial charge on any atom is 0.268 e. The fraction of sp³-hybridized carbons (Fsp3) is 0.836. The van der Waals surface area contributed by atoms with Gasteiger partial charge in [-0.05, 0) is 57.8 Å². The van der Waals surface area contributed by atoms with Crippen LogP contribution in [-0.4, -0.2) is 68.5 Å². The van der Waals surface area contributed by atoms with Gasteiger partial charge >= 0.3 is 0 Å². The molecule has 0 aromatic rings. The summed E-state index contributed by atoms with van der Waals surface area (Å²) in [5.74, 6) is -0.192. The number of carbonyl (C=O) groups is 1. The Hall–Kier alpha value is -1.80. The van der Waals surface area contributed by atoms with Crippen molar-refractivity contribution in [2.75, 3.05) is 40.9 Å². The number of aliphatic hydroxyl groups is 1. The van der Waals surface area contributed by atoms with Crippen LogP contribution in [0, 0.1) is 0 Å². The number of hydrogen-bond donors (Lipinski definition) is 2. The summed E-state index contributed by atoms with van der Waals surface area (Å²) >= 11 is 0. The highest BCUT2D eigenvalue weighted by molar-refractivity contribution is 7.45. The largest absolute Gasteiger partial charge is 0.756 e. The van der Waals surface area contributed by atoms with Crippen LogP contribution in [0.15, 0.2) is 60.8 Å². The number of phosphoric ester groups is 1. The average molecular weight is 1090 g/mol. The van der Waals surface area contributed by atoms with Crippen LogP contribution in [0.3, 0.4) is 0 Å². The molecule has 0 aromatic carbocycles. The van der Waals surface area contributed by atoms with Gasteiger partial charge in [0.05, 0.1) is 39.9 Å². The first-order valence-electron chi connectivity index (χ1n) is 32.7. The minimum absolute atomic E-state index is 0.000341. The number of allylic oxidation sites excluding steroid dienone is 9. The van der Waals surface area contributed by atoms with Crippen molar-refractivity contribution in [3.63, 3.8) is 0 Å². The Kier molecular flexibility index (Phi) is 56.5. The molecule has 3 atom stereocenters. The molecule has 1 amide bonds. The van der Waals surface area contributed by atoms with Gasteiger partial charge in [-0.25, -0.2) is 0 Å². The fourth-order valence-electron chi connectivity index (χ4n) is 9.68. The summed E-state index contributed by atoms with van der Waals surface area (Å²) in [5.41, 5.74) is 0. The van der Waals surface area contributed by atoms with E-state index in [-0.39, 0.29) is 19.1 Å². The Bertz CT molecular complexity index is 1420. The first kappa shape index (κ1) is 74.2. The molecule has 0 radical (unpaired) electrons. The molecule has 0 saturated carbocycles. The second-order valence-corrected chi connectivity index (χ2v) is 24.9. The van der Waals surface area contributed by atoms with Crippen molar-refractivity contribution in [1.29, 1.82) is 0 Å². The average Bonchev–Trinajstić information content (AvgIpc) is 3.38. The van der Waals surface area contributed by atoms with Crippen LogP contribution in [0.5, 0.6) is 0 Å². The molecule has 446 valence electrons. The molecule has 0 spiro atoms. The Morgan fingerprint density at radius 1 is 0.474 bits per heavy atom. The number of aliphatic hydroxyl groups excluding tert-OH is 1. The molecule has 0 bridgehead atoms. The molecule has 0 fully saturated rings. The first-order chi connectivity index (χ1) is 37.0. The summed E-state index contributed by atoms with van der Waals surface area (Å²) in [6.07, 6.45) is 79.1. The highest BCUT2D eigenvalue weighted by atomic mass is 31.2. The van der Waals surface area contributed by atoms with Gasteiger partial charge in [0.25, 0.3) is 7.82 Å². The van der Waals surface area contributed by atoms with E-state index < -0.39 is 20.0 Å². The monoisotopic (exact) mass is 1090 g/mol. The Balaban J connectivity index is 3.90. The van der Waals surface area contributed by atoms with Gasteiger partial charge in [-0.1, -0.05) is 306 Å². The van der Waals surface area contributed by atoms with Crippen LogP contribution in [-0.2, 0) is 18.4 Å². The van der Waals surface area contributed by atoms with Crippen LogP contribution in [0.2, 0.25) is 0 Å². The number of likely N-dealkylation sites (N-methyl/N-ethyl adjacent to an activating group) is 1. The molecule has 0 rings (SSSR count). The third kappa shape index (κ3) is 59.9. The Labute approximate surface area is 472 Å². The molecule has 9 heteroatoms. The third-order valence-electron chi connectivity index (χ3n) is 14.7. The van der Waals surface area contributed by atoms with E-state index in [1.807, 2.05) is 27.2 Å². The van der Waals surface area contributed by atoms with Crippen molar-refractivity contribution in [3.8, 4) is 0 Å². The molecule has 2 N–H and O–H groups in total. The smallest absolute Gasteiger partial charge is 0.268 e. The maximum absolute atomic E-state index is 13.0. The van der Waals surface area contributed by atoms with Crippen molar-refractivity contribution >= 4 is 13.7 Å². The highest BCUT2D eigenvalue weighted by Gasteiger charge is 2.23. The van der Waals surface area contributed by atoms with Gasteiger partial charge in [0.2, 0.25) is 5.91 Å². The van der Waals surface area contributed by atoms with E-state index in [4.69, 9.17) is 9.05 Å². The van der Waals surface area contributed by atoms with Crippen LogP contribution in [0.25, 0.3) is 0 Å². The SMILES string of the molecule is CC/C=C\C/C=C\C/C=C\C/C=C\CCCCCCCCCCCCCCCCCCCCCCCCCCCCC(=O)NC(COP(=O)([O-])OCC[N+](C)(C)C)C(O)/C=C/CCCCCCCCCCCCCCC. The number of nitrogens with one attached hydrogen (secondary N) is 1. The van der Waals surface area contributed by atoms with Crippen molar-refractivity contribution in [3.05, 3.63) is 60.8 Å². The Morgan fingerprint density at radius 3 is 1.17 bits per heavy atom. The van der Waals surface area contributed by atoms with E-state index in [9.17, 15) is 19.4 Å². The third-order valence-corrected chi connectivity index (χ3v) is 15.7. The van der Waals surface area contributed by atoms with E-state index in [1.165, 1.54) is 225 Å². The summed E-state index contributed by atoms with van der Waals surface area (Å²) in [5, 5.41) is 13.9. The molecular weight excluding hydrogens is 960 g/mol. The second kappa shape index (κ2) is 57.9. The van der Waals surface area contributed by atoms with E-state index in [1.54, 1.807) is 6.08 Å². The first-order valence-corrected chi connectivity index (χ1v) is 34.1. The molecule has 76 heavy (non-hydrogen) atoms. The molecular formula is C67H127N2O6P. The predicted octanol–water partition coefficient (Wildman–Crippen LogP) is 19.8. The number of hydrogen-bond acceptors (Lipinski definition) is 6. The van der Waals surface area contributed by atoms with Crippen LogP contribution in [0.4, 0.5) is 0 Å². The molecule has 3 unspecified atom stereocenters. The van der Waals surface area contributed by atoms with Gasteiger partial charge < -0.3 is 28.8 Å². The maximum atomic E-state index is 13.0. The van der Waals surface area contributed by atoms with Gasteiger partial charge in [-0.2, -0.15) is 0 Å². The van der Waals surface area contributed by atoms with Gasteiger partial charge in [0.1, 0.15) is 13.2 Å². The standard InChI is InChI=1S/C67H127N2O6P/c1-6-8-10-12-14-16-18-20-22-23-24-25-26-27-28-29-30-31-32-33-34-35-36-37-38-39-40-41-42-43-44-45-47-49-51-53-55-57-59-61-67(71)68-65(64-75-76(72,73)74-63-62-69(3,4)5)66(70)60-58-56-54-52-50-48-46-21-19-17-15-13-11-9-7-2/h8,10,14,16,20,22,24-25,58,60,65-66,70H,6-7,9,11-13,15,17-19,21,23,26-57,59,61-64H2,1-5H3,(H-,68,71,72,73)/b10-8-,16-14-,22-20-,25-24-,60-58+. The zero-order valence-electron chi connectivity index (χ0n) is 51.0. The molecule has 0 aliphatic heterocycles. The summed E-state index contributed by atoms with van der Waals surface area (Å²) in [6.45, 7) is 4.56. The Morgan fingerprint density at radius 2 is 0.803 bits per heavy atom.